The first-order valence-corrected chi connectivity index (χ1v) is 6.84. The molecule has 100 valence electrons. The van der Waals surface area contributed by atoms with Crippen LogP contribution in [0.15, 0.2) is 53.0 Å². The van der Waals surface area contributed by atoms with Crippen molar-refractivity contribution in [3.63, 3.8) is 0 Å². The summed E-state index contributed by atoms with van der Waals surface area (Å²) in [6, 6.07) is 15.6. The predicted octanol–water partition coefficient (Wildman–Crippen LogP) is 3.95. The molecule has 2 aromatic carbocycles. The van der Waals surface area contributed by atoms with E-state index in [1.54, 1.807) is 7.11 Å². The highest BCUT2D eigenvalue weighted by molar-refractivity contribution is 9.10. The zero-order chi connectivity index (χ0) is 13.5. The van der Waals surface area contributed by atoms with Gasteiger partial charge in [-0.15, -0.1) is 0 Å². The van der Waals surface area contributed by atoms with Crippen molar-refractivity contribution < 1.29 is 9.47 Å². The van der Waals surface area contributed by atoms with Crippen molar-refractivity contribution in [2.24, 2.45) is 0 Å². The van der Waals surface area contributed by atoms with E-state index in [9.17, 15) is 0 Å². The molecule has 1 N–H and O–H groups in total. The van der Waals surface area contributed by atoms with Crippen LogP contribution in [0.25, 0.3) is 0 Å². The van der Waals surface area contributed by atoms with E-state index >= 15 is 0 Å². The van der Waals surface area contributed by atoms with E-state index in [4.69, 9.17) is 9.47 Å². The van der Waals surface area contributed by atoms with E-state index in [-0.39, 0.29) is 0 Å². The van der Waals surface area contributed by atoms with Gasteiger partial charge in [0, 0.05) is 11.0 Å². The van der Waals surface area contributed by atoms with Crippen LogP contribution in [0.4, 0.5) is 5.69 Å². The number of halogens is 1. The van der Waals surface area contributed by atoms with E-state index in [1.807, 2.05) is 48.5 Å². The molecule has 0 saturated carbocycles. The summed E-state index contributed by atoms with van der Waals surface area (Å²) in [6.45, 7) is 1.31. The van der Waals surface area contributed by atoms with Gasteiger partial charge in [-0.25, -0.2) is 0 Å². The van der Waals surface area contributed by atoms with Crippen LogP contribution in [0.5, 0.6) is 11.5 Å². The zero-order valence-electron chi connectivity index (χ0n) is 10.7. The lowest BCUT2D eigenvalue weighted by Gasteiger charge is -2.12. The van der Waals surface area contributed by atoms with E-state index < -0.39 is 0 Å². The maximum Gasteiger partial charge on any atom is 0.142 e. The maximum atomic E-state index is 5.62. The third-order valence-corrected chi connectivity index (χ3v) is 3.08. The second-order valence-corrected chi connectivity index (χ2v) is 4.85. The van der Waals surface area contributed by atoms with E-state index in [0.29, 0.717) is 13.2 Å². The van der Waals surface area contributed by atoms with Gasteiger partial charge in [0.25, 0.3) is 0 Å². The molecule has 0 aliphatic heterocycles. The Labute approximate surface area is 121 Å². The fraction of sp³-hybridized carbons (Fsp3) is 0.200. The highest BCUT2D eigenvalue weighted by Crippen LogP contribution is 2.27. The van der Waals surface area contributed by atoms with Crippen molar-refractivity contribution in [1.82, 2.24) is 0 Å². The molecule has 0 amide bonds. The van der Waals surface area contributed by atoms with Crippen LogP contribution in [0.1, 0.15) is 0 Å². The number of nitrogens with one attached hydrogen (secondary N) is 1. The maximum absolute atomic E-state index is 5.62. The summed E-state index contributed by atoms with van der Waals surface area (Å²) in [7, 11) is 1.66. The minimum atomic E-state index is 0.597. The molecule has 0 unspecified atom stereocenters. The summed E-state index contributed by atoms with van der Waals surface area (Å²) in [5.74, 6) is 1.70. The van der Waals surface area contributed by atoms with Crippen LogP contribution < -0.4 is 14.8 Å². The topological polar surface area (TPSA) is 30.5 Å². The Balaban J connectivity index is 1.84. The Morgan fingerprint density at radius 1 is 1.11 bits per heavy atom. The van der Waals surface area contributed by atoms with Crippen LogP contribution in [-0.2, 0) is 0 Å². The molecule has 0 aliphatic carbocycles. The molecular weight excluding hydrogens is 306 g/mol. The normalized spacial score (nSPS) is 10.0. The Kier molecular flexibility index (Phi) is 5.10. The largest absolute Gasteiger partial charge is 0.495 e. The Hall–Kier alpha value is -1.68. The number of para-hydroxylation sites is 1. The molecule has 0 bridgehead atoms. The lowest BCUT2D eigenvalue weighted by Crippen LogP contribution is -2.12. The number of hydrogen-bond donors (Lipinski definition) is 1. The lowest BCUT2D eigenvalue weighted by atomic mass is 10.3. The van der Waals surface area contributed by atoms with Gasteiger partial charge in [-0.3, -0.25) is 0 Å². The quantitative estimate of drug-likeness (QED) is 0.817. The van der Waals surface area contributed by atoms with Gasteiger partial charge >= 0.3 is 0 Å². The standard InChI is InChI=1S/C15H16BrNO2/c1-18-15-8-7-12(16)11-14(15)17-9-10-19-13-5-3-2-4-6-13/h2-8,11,17H,9-10H2,1H3. The average molecular weight is 322 g/mol. The van der Waals surface area contributed by atoms with Gasteiger partial charge in [-0.2, -0.15) is 0 Å². The molecule has 4 heteroatoms. The number of benzene rings is 2. The number of rotatable bonds is 6. The smallest absolute Gasteiger partial charge is 0.142 e. The molecule has 0 heterocycles. The molecule has 0 spiro atoms. The van der Waals surface area contributed by atoms with Gasteiger partial charge in [0.05, 0.1) is 12.8 Å². The Morgan fingerprint density at radius 2 is 1.89 bits per heavy atom. The molecular formula is C15H16BrNO2. The molecule has 0 atom stereocenters. The number of methoxy groups -OCH3 is 1. The van der Waals surface area contributed by atoms with Crippen molar-refractivity contribution in [3.05, 3.63) is 53.0 Å². The van der Waals surface area contributed by atoms with Crippen molar-refractivity contribution >= 4 is 21.6 Å². The van der Waals surface area contributed by atoms with E-state index in [1.165, 1.54) is 0 Å². The summed E-state index contributed by atoms with van der Waals surface area (Å²) in [4.78, 5) is 0. The second-order valence-electron chi connectivity index (χ2n) is 3.93. The first-order chi connectivity index (χ1) is 9.29. The molecule has 0 fully saturated rings. The number of ether oxygens (including phenoxy) is 2. The third kappa shape index (κ3) is 4.17. The highest BCUT2D eigenvalue weighted by Gasteiger charge is 2.02. The number of hydrogen-bond acceptors (Lipinski definition) is 3. The summed E-state index contributed by atoms with van der Waals surface area (Å²) >= 11 is 3.44. The van der Waals surface area contributed by atoms with E-state index in [2.05, 4.69) is 21.2 Å². The minimum Gasteiger partial charge on any atom is -0.495 e. The van der Waals surface area contributed by atoms with Gasteiger partial charge in [-0.1, -0.05) is 34.1 Å². The SMILES string of the molecule is COc1ccc(Br)cc1NCCOc1ccccc1. The van der Waals surface area contributed by atoms with Crippen LogP contribution in [0.2, 0.25) is 0 Å². The first kappa shape index (κ1) is 13.7. The summed E-state index contributed by atoms with van der Waals surface area (Å²) in [5.41, 5.74) is 0.952. The zero-order valence-corrected chi connectivity index (χ0v) is 12.3. The second kappa shape index (κ2) is 7.04. The fourth-order valence-electron chi connectivity index (χ4n) is 1.69. The first-order valence-electron chi connectivity index (χ1n) is 6.05. The molecule has 0 aromatic heterocycles. The minimum absolute atomic E-state index is 0.597. The monoisotopic (exact) mass is 321 g/mol. The van der Waals surface area contributed by atoms with E-state index in [0.717, 1.165) is 21.7 Å². The van der Waals surface area contributed by atoms with Crippen LogP contribution >= 0.6 is 15.9 Å². The molecule has 0 radical (unpaired) electrons. The Morgan fingerprint density at radius 3 is 2.63 bits per heavy atom. The van der Waals surface area contributed by atoms with Gasteiger partial charge in [0.15, 0.2) is 0 Å². The molecule has 2 aromatic rings. The van der Waals surface area contributed by atoms with Crippen LogP contribution in [0, 0.1) is 0 Å². The molecule has 19 heavy (non-hydrogen) atoms. The van der Waals surface area contributed by atoms with Crippen molar-refractivity contribution in [2.45, 2.75) is 0 Å². The van der Waals surface area contributed by atoms with Crippen LogP contribution in [-0.4, -0.2) is 20.3 Å². The van der Waals surface area contributed by atoms with Crippen LogP contribution in [0.3, 0.4) is 0 Å². The molecule has 2 rings (SSSR count). The predicted molar refractivity (Wildman–Crippen MR) is 81.1 cm³/mol. The van der Waals surface area contributed by atoms with Gasteiger partial charge in [0.2, 0.25) is 0 Å². The fourth-order valence-corrected chi connectivity index (χ4v) is 2.05. The highest BCUT2D eigenvalue weighted by atomic mass is 79.9. The van der Waals surface area contributed by atoms with Gasteiger partial charge in [0.1, 0.15) is 18.1 Å². The average Bonchev–Trinajstić information content (AvgIpc) is 2.45. The molecule has 0 aliphatic rings. The summed E-state index contributed by atoms with van der Waals surface area (Å²) in [5, 5.41) is 3.30. The summed E-state index contributed by atoms with van der Waals surface area (Å²) < 4.78 is 11.9. The van der Waals surface area contributed by atoms with Gasteiger partial charge in [-0.05, 0) is 30.3 Å². The molecule has 0 saturated heterocycles. The number of anilines is 1. The van der Waals surface area contributed by atoms with Gasteiger partial charge < -0.3 is 14.8 Å². The van der Waals surface area contributed by atoms with Crippen molar-refractivity contribution in [2.75, 3.05) is 25.6 Å². The Bertz CT molecular complexity index is 517. The van der Waals surface area contributed by atoms with Crippen molar-refractivity contribution in [3.8, 4) is 11.5 Å². The lowest BCUT2D eigenvalue weighted by molar-refractivity contribution is 0.332. The van der Waals surface area contributed by atoms with Crippen molar-refractivity contribution in [1.29, 1.82) is 0 Å². The molecule has 3 nitrogen and oxygen atoms in total. The third-order valence-electron chi connectivity index (χ3n) is 2.59. The summed E-state index contributed by atoms with van der Waals surface area (Å²) in [6.07, 6.45) is 0.